The van der Waals surface area contributed by atoms with Crippen LogP contribution in [0.5, 0.6) is 5.75 Å². The highest BCUT2D eigenvalue weighted by Gasteiger charge is 2.31. The Balaban J connectivity index is 2.26. The van der Waals surface area contributed by atoms with Crippen LogP contribution in [0.4, 0.5) is 5.69 Å². The van der Waals surface area contributed by atoms with Crippen LogP contribution in [0.3, 0.4) is 0 Å². The Morgan fingerprint density at radius 1 is 1.52 bits per heavy atom. The number of amides is 1. The van der Waals surface area contributed by atoms with Gasteiger partial charge >= 0.3 is 0 Å². The Kier molecular flexibility index (Phi) is 5.72. The van der Waals surface area contributed by atoms with E-state index in [0.29, 0.717) is 29.6 Å². The summed E-state index contributed by atoms with van der Waals surface area (Å²) in [6, 6.07) is 4.67. The van der Waals surface area contributed by atoms with Crippen LogP contribution >= 0.6 is 11.6 Å². The summed E-state index contributed by atoms with van der Waals surface area (Å²) in [4.78, 5) is 12.2. The summed E-state index contributed by atoms with van der Waals surface area (Å²) in [5.74, 6) is 0.00233. The second kappa shape index (κ2) is 7.37. The van der Waals surface area contributed by atoms with E-state index < -0.39 is 16.1 Å². The van der Waals surface area contributed by atoms with Crippen molar-refractivity contribution in [2.24, 2.45) is 0 Å². The molecule has 0 bridgehead atoms. The van der Waals surface area contributed by atoms with Crippen molar-refractivity contribution in [1.82, 2.24) is 5.32 Å². The molecule has 0 saturated heterocycles. The van der Waals surface area contributed by atoms with E-state index in [2.05, 4.69) is 5.32 Å². The minimum absolute atomic E-state index is 0.133. The van der Waals surface area contributed by atoms with Crippen LogP contribution in [-0.4, -0.2) is 53.5 Å². The van der Waals surface area contributed by atoms with E-state index in [1.165, 1.54) is 17.5 Å². The molecule has 128 valence electrons. The first-order chi connectivity index (χ1) is 10.8. The van der Waals surface area contributed by atoms with Gasteiger partial charge in [0.05, 0.1) is 18.6 Å². The van der Waals surface area contributed by atoms with E-state index in [1.807, 2.05) is 0 Å². The van der Waals surface area contributed by atoms with Gasteiger partial charge in [0.2, 0.25) is 10.0 Å². The zero-order valence-electron chi connectivity index (χ0n) is 12.9. The van der Waals surface area contributed by atoms with Crippen molar-refractivity contribution in [2.45, 2.75) is 12.5 Å². The van der Waals surface area contributed by atoms with E-state index in [-0.39, 0.29) is 18.9 Å². The molecular formula is C14H19ClN2O5S. The molecule has 7 nitrogen and oxygen atoms in total. The molecule has 1 aliphatic heterocycles. The summed E-state index contributed by atoms with van der Waals surface area (Å²) >= 11 is 5.96. The van der Waals surface area contributed by atoms with Crippen molar-refractivity contribution in [3.05, 3.63) is 23.2 Å². The number of anilines is 1. The lowest BCUT2D eigenvalue weighted by Gasteiger charge is -2.21. The molecule has 0 radical (unpaired) electrons. The average molecular weight is 363 g/mol. The number of nitrogens with zero attached hydrogens (tertiary/aromatic N) is 1. The molecule has 1 N–H and O–H groups in total. The Bertz CT molecular complexity index is 680. The van der Waals surface area contributed by atoms with Gasteiger partial charge in [-0.05, 0) is 18.2 Å². The zero-order valence-corrected chi connectivity index (χ0v) is 14.5. The monoisotopic (exact) mass is 362 g/mol. The Labute approximate surface area is 140 Å². The Hall–Kier alpha value is -1.51. The van der Waals surface area contributed by atoms with Crippen LogP contribution in [0.1, 0.15) is 6.42 Å². The lowest BCUT2D eigenvalue weighted by atomic mass is 10.2. The molecule has 1 amide bonds. The quantitative estimate of drug-likeness (QED) is 0.790. The van der Waals surface area contributed by atoms with Crippen molar-refractivity contribution in [3.63, 3.8) is 0 Å². The van der Waals surface area contributed by atoms with Gasteiger partial charge in [0.1, 0.15) is 5.75 Å². The summed E-state index contributed by atoms with van der Waals surface area (Å²) in [7, 11) is -1.97. The van der Waals surface area contributed by atoms with Gasteiger partial charge in [-0.2, -0.15) is 0 Å². The van der Waals surface area contributed by atoms with Crippen molar-refractivity contribution in [3.8, 4) is 5.75 Å². The number of carbonyl (C=O) groups is 1. The predicted molar refractivity (Wildman–Crippen MR) is 87.6 cm³/mol. The van der Waals surface area contributed by atoms with Gasteiger partial charge in [-0.25, -0.2) is 8.42 Å². The lowest BCUT2D eigenvalue weighted by molar-refractivity contribution is -0.128. The third-order valence-electron chi connectivity index (χ3n) is 3.35. The molecule has 23 heavy (non-hydrogen) atoms. The minimum atomic E-state index is -3.51. The van der Waals surface area contributed by atoms with E-state index in [0.717, 1.165) is 6.26 Å². The summed E-state index contributed by atoms with van der Waals surface area (Å²) in [6.45, 7) is 0.882. The van der Waals surface area contributed by atoms with Crippen LogP contribution in [-0.2, 0) is 19.6 Å². The van der Waals surface area contributed by atoms with E-state index in [4.69, 9.17) is 21.1 Å². The lowest BCUT2D eigenvalue weighted by Crippen LogP contribution is -2.41. The van der Waals surface area contributed by atoms with Crippen molar-refractivity contribution in [1.29, 1.82) is 0 Å². The zero-order chi connectivity index (χ0) is 17.0. The molecule has 1 aliphatic rings. The number of hydrogen-bond donors (Lipinski definition) is 1. The molecule has 1 aromatic rings. The maximum atomic E-state index is 12.2. The topological polar surface area (TPSA) is 84.9 Å². The maximum Gasteiger partial charge on any atom is 0.261 e. The molecule has 0 unspecified atom stereocenters. The maximum absolute atomic E-state index is 12.2. The van der Waals surface area contributed by atoms with Crippen molar-refractivity contribution < 1.29 is 22.7 Å². The second-order valence-corrected chi connectivity index (χ2v) is 7.47. The fourth-order valence-corrected chi connectivity index (χ4v) is 3.37. The van der Waals surface area contributed by atoms with Crippen molar-refractivity contribution >= 4 is 33.2 Å². The van der Waals surface area contributed by atoms with Gasteiger partial charge < -0.3 is 14.8 Å². The summed E-state index contributed by atoms with van der Waals surface area (Å²) in [6.07, 6.45) is 0.563. The molecule has 2 rings (SSSR count). The fourth-order valence-electron chi connectivity index (χ4n) is 2.27. The van der Waals surface area contributed by atoms with Crippen LogP contribution in [0.25, 0.3) is 0 Å². The molecule has 1 heterocycles. The average Bonchev–Trinajstić information content (AvgIpc) is 2.66. The van der Waals surface area contributed by atoms with E-state index in [1.54, 1.807) is 12.1 Å². The fraction of sp³-hybridized carbons (Fsp3) is 0.500. The Morgan fingerprint density at radius 3 is 2.91 bits per heavy atom. The van der Waals surface area contributed by atoms with E-state index >= 15 is 0 Å². The first kappa shape index (κ1) is 17.8. The number of halogens is 1. The highest BCUT2D eigenvalue weighted by atomic mass is 35.5. The molecule has 0 fully saturated rings. The minimum Gasteiger partial charge on any atom is -0.478 e. The van der Waals surface area contributed by atoms with Crippen molar-refractivity contribution in [2.75, 3.05) is 37.4 Å². The standard InChI is InChI=1S/C14H19ClN2O5S/c1-21-8-6-16-14(18)13-5-7-17(23(2,19)20)11-9-10(15)3-4-12(11)22-13/h3-4,9,13H,5-8H2,1-2H3,(H,16,18)/t13-/m1/s1. The summed E-state index contributed by atoms with van der Waals surface area (Å²) in [5.41, 5.74) is 0.340. The third-order valence-corrected chi connectivity index (χ3v) is 4.77. The highest BCUT2D eigenvalue weighted by Crippen LogP contribution is 2.36. The number of fused-ring (bicyclic) bond motifs is 1. The number of sulfonamides is 1. The van der Waals surface area contributed by atoms with Crippen LogP contribution in [0.2, 0.25) is 5.02 Å². The molecule has 0 aromatic heterocycles. The number of rotatable bonds is 5. The van der Waals surface area contributed by atoms with Gasteiger partial charge in [-0.1, -0.05) is 11.6 Å². The molecule has 0 saturated carbocycles. The van der Waals surface area contributed by atoms with Crippen LogP contribution in [0.15, 0.2) is 18.2 Å². The number of carbonyl (C=O) groups excluding carboxylic acids is 1. The van der Waals surface area contributed by atoms with Crippen LogP contribution < -0.4 is 14.4 Å². The number of methoxy groups -OCH3 is 1. The number of nitrogens with one attached hydrogen (secondary N) is 1. The third kappa shape index (κ3) is 4.49. The van der Waals surface area contributed by atoms with Crippen LogP contribution in [0, 0.1) is 0 Å². The molecule has 0 spiro atoms. The summed E-state index contributed by atoms with van der Waals surface area (Å²) < 4.78 is 35.8. The predicted octanol–water partition coefficient (Wildman–Crippen LogP) is 1.02. The largest absolute Gasteiger partial charge is 0.478 e. The molecule has 1 aromatic carbocycles. The van der Waals surface area contributed by atoms with E-state index in [9.17, 15) is 13.2 Å². The van der Waals surface area contributed by atoms with Gasteiger partial charge in [0.15, 0.2) is 6.10 Å². The first-order valence-corrected chi connectivity index (χ1v) is 9.26. The SMILES string of the molecule is COCCNC(=O)[C@H]1CCN(S(C)(=O)=O)c2cc(Cl)ccc2O1. The normalized spacial score (nSPS) is 17.9. The van der Waals surface area contributed by atoms with Gasteiger partial charge in [0, 0.05) is 31.6 Å². The molecule has 1 atom stereocenters. The smallest absolute Gasteiger partial charge is 0.261 e. The molecule has 9 heteroatoms. The van der Waals surface area contributed by atoms with Gasteiger partial charge in [-0.3, -0.25) is 9.10 Å². The first-order valence-electron chi connectivity index (χ1n) is 7.03. The molecular weight excluding hydrogens is 344 g/mol. The highest BCUT2D eigenvalue weighted by molar-refractivity contribution is 7.92. The number of hydrogen-bond acceptors (Lipinski definition) is 5. The van der Waals surface area contributed by atoms with Gasteiger partial charge in [-0.15, -0.1) is 0 Å². The molecule has 0 aliphatic carbocycles. The Morgan fingerprint density at radius 2 is 2.26 bits per heavy atom. The second-order valence-electron chi connectivity index (χ2n) is 5.13. The summed E-state index contributed by atoms with van der Waals surface area (Å²) in [5, 5.41) is 3.09. The van der Waals surface area contributed by atoms with Gasteiger partial charge in [0.25, 0.3) is 5.91 Å². The number of ether oxygens (including phenoxy) is 2. The number of benzene rings is 1.